The summed E-state index contributed by atoms with van der Waals surface area (Å²) in [6.45, 7) is 5.43. The molecule has 0 saturated heterocycles. The van der Waals surface area contributed by atoms with Gasteiger partial charge in [0.15, 0.2) is 11.6 Å². The second-order valence-corrected chi connectivity index (χ2v) is 8.43. The van der Waals surface area contributed by atoms with Crippen LogP contribution in [0.2, 0.25) is 0 Å². The smallest absolute Gasteiger partial charge is 0.229 e. The van der Waals surface area contributed by atoms with Gasteiger partial charge in [0.1, 0.15) is 11.4 Å². The zero-order valence-corrected chi connectivity index (χ0v) is 17.6. The molecule has 32 heavy (non-hydrogen) atoms. The van der Waals surface area contributed by atoms with Gasteiger partial charge in [-0.15, -0.1) is 0 Å². The summed E-state index contributed by atoms with van der Waals surface area (Å²) in [5, 5.41) is 10.1. The molecular formula is C22H19FN8O. The van der Waals surface area contributed by atoms with E-state index in [2.05, 4.69) is 40.4 Å². The number of amides is 1. The molecule has 0 saturated carbocycles. The van der Waals surface area contributed by atoms with E-state index in [0.717, 1.165) is 5.52 Å². The first-order chi connectivity index (χ1) is 15.3. The van der Waals surface area contributed by atoms with Gasteiger partial charge in [-0.1, -0.05) is 20.8 Å². The highest BCUT2D eigenvalue weighted by Gasteiger charge is 2.23. The number of pyridine rings is 3. The molecule has 5 rings (SSSR count). The molecule has 9 nitrogen and oxygen atoms in total. The third-order valence-electron chi connectivity index (χ3n) is 5.00. The molecule has 10 heteroatoms. The van der Waals surface area contributed by atoms with Gasteiger partial charge in [0.25, 0.3) is 0 Å². The average molecular weight is 430 g/mol. The highest BCUT2D eigenvalue weighted by atomic mass is 19.1. The predicted octanol–water partition coefficient (Wildman–Crippen LogP) is 4.08. The number of aromatic amines is 2. The van der Waals surface area contributed by atoms with Crippen LogP contribution in [0.3, 0.4) is 0 Å². The molecular weight excluding hydrogens is 411 g/mol. The second kappa shape index (κ2) is 7.19. The number of carbonyl (C=O) groups excluding carboxylic acids is 1. The van der Waals surface area contributed by atoms with E-state index in [9.17, 15) is 4.79 Å². The predicted molar refractivity (Wildman–Crippen MR) is 118 cm³/mol. The van der Waals surface area contributed by atoms with Crippen molar-refractivity contribution in [2.24, 2.45) is 5.41 Å². The minimum Gasteiger partial charge on any atom is -0.335 e. The van der Waals surface area contributed by atoms with Gasteiger partial charge < -0.3 is 10.3 Å². The summed E-state index contributed by atoms with van der Waals surface area (Å²) in [4.78, 5) is 32.4. The molecule has 0 aromatic carbocycles. The fourth-order valence-corrected chi connectivity index (χ4v) is 3.27. The third-order valence-corrected chi connectivity index (χ3v) is 5.00. The van der Waals surface area contributed by atoms with Crippen LogP contribution in [-0.4, -0.2) is 41.0 Å². The van der Waals surface area contributed by atoms with E-state index in [1.54, 1.807) is 24.5 Å². The molecule has 0 unspecified atom stereocenters. The van der Waals surface area contributed by atoms with Crippen LogP contribution in [0, 0.1) is 11.2 Å². The maximum absolute atomic E-state index is 15.7. The SMILES string of the molecule is CC(C)(C)C(=O)Nc1cncc(-c2ncc3[nH]nc(-c4nc5ccncc5[nH]4)c3c2F)c1. The lowest BCUT2D eigenvalue weighted by Gasteiger charge is -2.17. The number of aromatic nitrogens is 7. The highest BCUT2D eigenvalue weighted by molar-refractivity contribution is 5.96. The molecule has 0 atom stereocenters. The number of imidazole rings is 1. The first kappa shape index (κ1) is 19.7. The lowest BCUT2D eigenvalue weighted by molar-refractivity contribution is -0.123. The molecule has 5 aromatic heterocycles. The van der Waals surface area contributed by atoms with Gasteiger partial charge in [-0.25, -0.2) is 9.37 Å². The summed E-state index contributed by atoms with van der Waals surface area (Å²) in [7, 11) is 0. The molecule has 0 bridgehead atoms. The van der Waals surface area contributed by atoms with Crippen LogP contribution in [0.5, 0.6) is 0 Å². The van der Waals surface area contributed by atoms with Crippen molar-refractivity contribution in [3.8, 4) is 22.8 Å². The number of carbonyl (C=O) groups is 1. The summed E-state index contributed by atoms with van der Waals surface area (Å²) in [6.07, 6.45) is 7.80. The van der Waals surface area contributed by atoms with E-state index < -0.39 is 11.2 Å². The second-order valence-electron chi connectivity index (χ2n) is 8.43. The van der Waals surface area contributed by atoms with Crippen molar-refractivity contribution in [1.82, 2.24) is 35.1 Å². The monoisotopic (exact) mass is 430 g/mol. The first-order valence-corrected chi connectivity index (χ1v) is 9.91. The fourth-order valence-electron chi connectivity index (χ4n) is 3.27. The van der Waals surface area contributed by atoms with E-state index in [1.807, 2.05) is 20.8 Å². The minimum atomic E-state index is -0.577. The molecule has 0 fully saturated rings. The number of hydrogen-bond acceptors (Lipinski definition) is 6. The maximum Gasteiger partial charge on any atom is 0.229 e. The van der Waals surface area contributed by atoms with Crippen LogP contribution in [0.1, 0.15) is 20.8 Å². The number of halogens is 1. The molecule has 0 radical (unpaired) electrons. The maximum atomic E-state index is 15.7. The average Bonchev–Trinajstić information content (AvgIpc) is 3.38. The zero-order valence-electron chi connectivity index (χ0n) is 17.6. The lowest BCUT2D eigenvalue weighted by Crippen LogP contribution is -2.27. The van der Waals surface area contributed by atoms with E-state index in [0.29, 0.717) is 33.8 Å². The Morgan fingerprint density at radius 3 is 2.69 bits per heavy atom. The number of nitrogens with one attached hydrogen (secondary N) is 3. The molecule has 5 aromatic rings. The Hall–Kier alpha value is -4.21. The third kappa shape index (κ3) is 3.35. The highest BCUT2D eigenvalue weighted by Crippen LogP contribution is 2.32. The summed E-state index contributed by atoms with van der Waals surface area (Å²) in [6, 6.07) is 3.40. The van der Waals surface area contributed by atoms with Crippen molar-refractivity contribution in [2.45, 2.75) is 20.8 Å². The van der Waals surface area contributed by atoms with Crippen LogP contribution >= 0.6 is 0 Å². The van der Waals surface area contributed by atoms with Crippen molar-refractivity contribution < 1.29 is 9.18 Å². The molecule has 0 spiro atoms. The Labute approximate surface area is 181 Å². The van der Waals surface area contributed by atoms with Crippen LogP contribution in [0.4, 0.5) is 10.1 Å². The largest absolute Gasteiger partial charge is 0.335 e. The zero-order chi connectivity index (χ0) is 22.5. The standard InChI is InChI=1S/C22H19FN8O/c1-22(2,3)21(32)27-12-6-11(7-25-8-12)18-17(23)16-15(10-26-18)30-31-19(16)20-28-13-4-5-24-9-14(13)29-20/h4-10H,1-3H3,(H,27,32)(H,28,29)(H,30,31). The van der Waals surface area contributed by atoms with Gasteiger partial charge in [0, 0.05) is 23.4 Å². The van der Waals surface area contributed by atoms with Crippen molar-refractivity contribution >= 4 is 33.5 Å². The van der Waals surface area contributed by atoms with Gasteiger partial charge in [-0.3, -0.25) is 24.8 Å². The number of fused-ring (bicyclic) bond motifs is 2. The molecule has 0 aliphatic rings. The number of H-pyrrole nitrogens is 2. The van der Waals surface area contributed by atoms with Crippen LogP contribution in [-0.2, 0) is 4.79 Å². The quantitative estimate of drug-likeness (QED) is 0.396. The Kier molecular flexibility index (Phi) is 4.43. The summed E-state index contributed by atoms with van der Waals surface area (Å²) < 4.78 is 15.7. The van der Waals surface area contributed by atoms with Crippen molar-refractivity contribution in [1.29, 1.82) is 0 Å². The summed E-state index contributed by atoms with van der Waals surface area (Å²) in [5.41, 5.74) is 2.60. The lowest BCUT2D eigenvalue weighted by atomic mass is 9.95. The number of hydrogen-bond donors (Lipinski definition) is 3. The van der Waals surface area contributed by atoms with Crippen LogP contribution in [0.15, 0.2) is 43.1 Å². The summed E-state index contributed by atoms with van der Waals surface area (Å²) >= 11 is 0. The topological polar surface area (TPSA) is 125 Å². The Morgan fingerprint density at radius 2 is 1.91 bits per heavy atom. The number of nitrogens with zero attached hydrogens (tertiary/aromatic N) is 5. The molecule has 3 N–H and O–H groups in total. The molecule has 1 amide bonds. The Balaban J connectivity index is 1.59. The Morgan fingerprint density at radius 1 is 1.06 bits per heavy atom. The van der Waals surface area contributed by atoms with Crippen LogP contribution in [0.25, 0.3) is 44.7 Å². The number of rotatable bonds is 3. The Bertz CT molecular complexity index is 1450. The summed E-state index contributed by atoms with van der Waals surface area (Å²) in [5.74, 6) is -0.317. The van der Waals surface area contributed by atoms with Gasteiger partial charge in [0.05, 0.1) is 46.2 Å². The molecule has 5 heterocycles. The van der Waals surface area contributed by atoms with E-state index in [1.165, 1.54) is 18.6 Å². The van der Waals surface area contributed by atoms with E-state index >= 15 is 4.39 Å². The van der Waals surface area contributed by atoms with Gasteiger partial charge in [-0.05, 0) is 12.1 Å². The first-order valence-electron chi connectivity index (χ1n) is 9.91. The van der Waals surface area contributed by atoms with Gasteiger partial charge in [-0.2, -0.15) is 5.10 Å². The van der Waals surface area contributed by atoms with E-state index in [-0.39, 0.29) is 17.0 Å². The van der Waals surface area contributed by atoms with Crippen molar-refractivity contribution in [3.05, 3.63) is 48.9 Å². The normalized spacial score (nSPS) is 11.9. The van der Waals surface area contributed by atoms with Gasteiger partial charge >= 0.3 is 0 Å². The fraction of sp³-hybridized carbons (Fsp3) is 0.182. The molecule has 0 aliphatic carbocycles. The van der Waals surface area contributed by atoms with Crippen LogP contribution < -0.4 is 5.32 Å². The minimum absolute atomic E-state index is 0.0947. The molecule has 0 aliphatic heterocycles. The van der Waals surface area contributed by atoms with E-state index in [4.69, 9.17) is 0 Å². The van der Waals surface area contributed by atoms with Crippen molar-refractivity contribution in [2.75, 3.05) is 5.32 Å². The number of anilines is 1. The van der Waals surface area contributed by atoms with Gasteiger partial charge in [0.2, 0.25) is 5.91 Å². The molecule has 160 valence electrons. The van der Waals surface area contributed by atoms with Crippen molar-refractivity contribution in [3.63, 3.8) is 0 Å².